The molecule has 5 nitrogen and oxygen atoms in total. The van der Waals surface area contributed by atoms with Crippen LogP contribution in [0.3, 0.4) is 0 Å². The number of rotatable bonds is 16. The van der Waals surface area contributed by atoms with Crippen molar-refractivity contribution in [3.63, 3.8) is 0 Å². The lowest BCUT2D eigenvalue weighted by atomic mass is 9.98. The van der Waals surface area contributed by atoms with Crippen molar-refractivity contribution in [3.8, 4) is 17.2 Å². The van der Waals surface area contributed by atoms with Gasteiger partial charge in [0, 0.05) is 0 Å². The summed E-state index contributed by atoms with van der Waals surface area (Å²) in [5, 5.41) is 11.4. The van der Waals surface area contributed by atoms with E-state index in [1.165, 1.54) is 5.56 Å². The van der Waals surface area contributed by atoms with Crippen molar-refractivity contribution >= 4 is 16.7 Å². The Morgan fingerprint density at radius 2 is 1.32 bits per heavy atom. The molecule has 0 radical (unpaired) electrons. The second kappa shape index (κ2) is 15.6. The van der Waals surface area contributed by atoms with Gasteiger partial charge in [-0.15, -0.1) is 0 Å². The SMILES string of the molecule is C[C@H](C(=O)O)c1ccc2cc(OCCCCCCc3cccc(OCc4ccccc4)c3OCc3ccccc3)ccc2c1. The van der Waals surface area contributed by atoms with Crippen LogP contribution in [0.1, 0.15) is 60.8 Å². The fourth-order valence-corrected chi connectivity index (χ4v) is 5.21. The van der Waals surface area contributed by atoms with Gasteiger partial charge in [0.25, 0.3) is 0 Å². The summed E-state index contributed by atoms with van der Waals surface area (Å²) < 4.78 is 18.7. The number of fused-ring (bicyclic) bond motifs is 1. The molecule has 1 N–H and O–H groups in total. The second-order valence-corrected chi connectivity index (χ2v) is 11.1. The molecule has 5 aromatic carbocycles. The molecule has 0 aliphatic rings. The predicted molar refractivity (Wildman–Crippen MR) is 176 cm³/mol. The number of carboxylic acid groups (broad SMARTS) is 1. The first-order chi connectivity index (χ1) is 21.6. The molecular weight excluding hydrogens is 548 g/mol. The Labute approximate surface area is 260 Å². The summed E-state index contributed by atoms with van der Waals surface area (Å²) in [6.07, 6.45) is 5.12. The topological polar surface area (TPSA) is 65.0 Å². The zero-order chi connectivity index (χ0) is 30.6. The summed E-state index contributed by atoms with van der Waals surface area (Å²) in [6.45, 7) is 3.36. The molecule has 5 aromatic rings. The number of carbonyl (C=O) groups is 1. The Hall–Kier alpha value is -4.77. The van der Waals surface area contributed by atoms with Crippen molar-refractivity contribution < 1.29 is 24.1 Å². The van der Waals surface area contributed by atoms with E-state index in [1.54, 1.807) is 6.92 Å². The molecule has 5 rings (SSSR count). The molecule has 5 heteroatoms. The van der Waals surface area contributed by atoms with E-state index < -0.39 is 11.9 Å². The fraction of sp³-hybridized carbons (Fsp3) is 0.256. The van der Waals surface area contributed by atoms with Crippen molar-refractivity contribution in [1.82, 2.24) is 0 Å². The molecule has 0 bridgehead atoms. The van der Waals surface area contributed by atoms with Crippen LogP contribution >= 0.6 is 0 Å². The molecule has 0 aliphatic heterocycles. The first kappa shape index (κ1) is 30.7. The maximum atomic E-state index is 11.3. The Bertz CT molecular complexity index is 1630. The van der Waals surface area contributed by atoms with Crippen molar-refractivity contribution in [2.45, 2.75) is 58.2 Å². The number of carboxylic acids is 1. The van der Waals surface area contributed by atoms with E-state index in [9.17, 15) is 9.90 Å². The molecule has 0 saturated heterocycles. The minimum Gasteiger partial charge on any atom is -0.494 e. The molecule has 0 unspecified atom stereocenters. The van der Waals surface area contributed by atoms with Gasteiger partial charge in [0.15, 0.2) is 11.5 Å². The van der Waals surface area contributed by atoms with E-state index in [-0.39, 0.29) is 0 Å². The minimum absolute atomic E-state index is 0.494. The zero-order valence-electron chi connectivity index (χ0n) is 25.3. The standard InChI is InChI=1S/C39H40O5/c1-29(39(40)41)33-20-21-35-26-36(23-22-34(35)25-33)42-24-11-3-2-10-17-32-18-12-19-37(43-27-30-13-6-4-7-14-30)38(32)44-28-31-15-8-5-9-16-31/h4-9,12-16,18-23,25-26,29H,2-3,10-11,17,24,27-28H2,1H3,(H,40,41)/t29-/m0/s1. The highest BCUT2D eigenvalue weighted by atomic mass is 16.5. The number of hydrogen-bond acceptors (Lipinski definition) is 4. The predicted octanol–water partition coefficient (Wildman–Crippen LogP) is 9.37. The number of aliphatic carboxylic acids is 1. The lowest BCUT2D eigenvalue weighted by Gasteiger charge is -2.17. The van der Waals surface area contributed by atoms with Gasteiger partial charge in [-0.25, -0.2) is 0 Å². The third-order valence-electron chi connectivity index (χ3n) is 7.84. The molecule has 0 heterocycles. The molecule has 1 atom stereocenters. The summed E-state index contributed by atoms with van der Waals surface area (Å²) in [7, 11) is 0. The Morgan fingerprint density at radius 1 is 0.659 bits per heavy atom. The van der Waals surface area contributed by atoms with Gasteiger partial charge < -0.3 is 19.3 Å². The first-order valence-electron chi connectivity index (χ1n) is 15.4. The van der Waals surface area contributed by atoms with E-state index in [2.05, 4.69) is 36.4 Å². The van der Waals surface area contributed by atoms with E-state index in [0.717, 1.165) is 76.8 Å². The number of para-hydroxylation sites is 1. The number of ether oxygens (including phenoxy) is 3. The van der Waals surface area contributed by atoms with Gasteiger partial charge in [-0.2, -0.15) is 0 Å². The number of hydrogen-bond donors (Lipinski definition) is 1. The van der Waals surface area contributed by atoms with Crippen molar-refractivity contribution in [1.29, 1.82) is 0 Å². The Morgan fingerprint density at radius 3 is 2.05 bits per heavy atom. The number of unbranched alkanes of at least 4 members (excludes halogenated alkanes) is 3. The summed E-state index contributed by atoms with van der Waals surface area (Å²) in [4.78, 5) is 11.3. The Kier molecular flexibility index (Phi) is 10.9. The summed E-state index contributed by atoms with van der Waals surface area (Å²) in [5.41, 5.74) is 4.22. The van der Waals surface area contributed by atoms with E-state index in [4.69, 9.17) is 14.2 Å². The van der Waals surface area contributed by atoms with E-state index in [1.807, 2.05) is 78.9 Å². The quantitative estimate of drug-likeness (QED) is 0.116. The summed E-state index contributed by atoms with van der Waals surface area (Å²) in [5.74, 6) is 1.10. The summed E-state index contributed by atoms with van der Waals surface area (Å²) >= 11 is 0. The molecule has 0 saturated carbocycles. The monoisotopic (exact) mass is 588 g/mol. The van der Waals surface area contributed by atoms with Crippen LogP contribution in [0, 0.1) is 0 Å². The van der Waals surface area contributed by atoms with Crippen LogP contribution < -0.4 is 14.2 Å². The van der Waals surface area contributed by atoms with E-state index in [0.29, 0.717) is 19.8 Å². The van der Waals surface area contributed by atoms with Gasteiger partial charge in [0.1, 0.15) is 19.0 Å². The number of aryl methyl sites for hydroxylation is 1. The van der Waals surface area contributed by atoms with Crippen LogP contribution in [-0.2, 0) is 24.4 Å². The fourth-order valence-electron chi connectivity index (χ4n) is 5.21. The molecule has 226 valence electrons. The molecule has 0 amide bonds. The lowest BCUT2D eigenvalue weighted by Crippen LogP contribution is -2.07. The molecule has 0 aromatic heterocycles. The summed E-state index contributed by atoms with van der Waals surface area (Å²) in [6, 6.07) is 38.4. The van der Waals surface area contributed by atoms with Crippen molar-refractivity contribution in [2.24, 2.45) is 0 Å². The molecule has 0 aliphatic carbocycles. The zero-order valence-corrected chi connectivity index (χ0v) is 25.3. The lowest BCUT2D eigenvalue weighted by molar-refractivity contribution is -0.138. The third kappa shape index (κ3) is 8.63. The van der Waals surface area contributed by atoms with Gasteiger partial charge in [-0.3, -0.25) is 4.79 Å². The van der Waals surface area contributed by atoms with Crippen LogP contribution in [0.2, 0.25) is 0 Å². The minimum atomic E-state index is -0.817. The van der Waals surface area contributed by atoms with Gasteiger partial charge in [0.2, 0.25) is 0 Å². The molecule has 0 fully saturated rings. The van der Waals surface area contributed by atoms with Crippen LogP contribution in [0.4, 0.5) is 0 Å². The normalized spacial score (nSPS) is 11.7. The van der Waals surface area contributed by atoms with Gasteiger partial charge in [0.05, 0.1) is 12.5 Å². The number of benzene rings is 5. The van der Waals surface area contributed by atoms with Gasteiger partial charge in [-0.05, 0) is 77.4 Å². The van der Waals surface area contributed by atoms with Crippen molar-refractivity contribution in [3.05, 3.63) is 138 Å². The van der Waals surface area contributed by atoms with Crippen LogP contribution in [0.25, 0.3) is 10.8 Å². The first-order valence-corrected chi connectivity index (χ1v) is 15.4. The average molecular weight is 589 g/mol. The van der Waals surface area contributed by atoms with Crippen LogP contribution in [0.5, 0.6) is 17.2 Å². The van der Waals surface area contributed by atoms with E-state index >= 15 is 0 Å². The van der Waals surface area contributed by atoms with Gasteiger partial charge >= 0.3 is 5.97 Å². The molecular formula is C39H40O5. The smallest absolute Gasteiger partial charge is 0.310 e. The molecule has 0 spiro atoms. The average Bonchev–Trinajstić information content (AvgIpc) is 3.06. The largest absolute Gasteiger partial charge is 0.494 e. The Balaban J connectivity index is 1.11. The maximum absolute atomic E-state index is 11.3. The van der Waals surface area contributed by atoms with Crippen LogP contribution in [-0.4, -0.2) is 17.7 Å². The highest BCUT2D eigenvalue weighted by molar-refractivity contribution is 5.86. The van der Waals surface area contributed by atoms with Gasteiger partial charge in [-0.1, -0.05) is 110 Å². The van der Waals surface area contributed by atoms with Crippen LogP contribution in [0.15, 0.2) is 115 Å². The third-order valence-corrected chi connectivity index (χ3v) is 7.84. The van der Waals surface area contributed by atoms with Crippen molar-refractivity contribution in [2.75, 3.05) is 6.61 Å². The highest BCUT2D eigenvalue weighted by Crippen LogP contribution is 2.34. The second-order valence-electron chi connectivity index (χ2n) is 11.1. The maximum Gasteiger partial charge on any atom is 0.310 e. The highest BCUT2D eigenvalue weighted by Gasteiger charge is 2.14. The molecule has 44 heavy (non-hydrogen) atoms.